The second-order valence-electron chi connectivity index (χ2n) is 11.0. The van der Waals surface area contributed by atoms with Crippen molar-refractivity contribution >= 4 is 35.0 Å². The van der Waals surface area contributed by atoms with Gasteiger partial charge in [-0.05, 0) is 43.5 Å². The zero-order chi connectivity index (χ0) is 26.4. The third-order valence-corrected chi connectivity index (χ3v) is 8.86. The van der Waals surface area contributed by atoms with Crippen molar-refractivity contribution in [3.8, 4) is 0 Å². The van der Waals surface area contributed by atoms with Crippen molar-refractivity contribution in [3.63, 3.8) is 0 Å². The molecule has 4 aliphatic rings. The second kappa shape index (κ2) is 9.86. The molecule has 5 atom stereocenters. The Kier molecular flexibility index (Phi) is 6.52. The number of halogens is 1. The van der Waals surface area contributed by atoms with Gasteiger partial charge in [-0.25, -0.2) is 0 Å². The molecule has 1 spiro atoms. The van der Waals surface area contributed by atoms with Crippen LogP contribution in [0.3, 0.4) is 0 Å². The minimum absolute atomic E-state index is 0.0761. The highest BCUT2D eigenvalue weighted by molar-refractivity contribution is 6.31. The smallest absolute Gasteiger partial charge is 0.246 e. The maximum atomic E-state index is 14.1. The number of rotatable bonds is 6. The Morgan fingerprint density at radius 2 is 1.79 bits per heavy atom. The van der Waals surface area contributed by atoms with E-state index in [9.17, 15) is 14.4 Å². The van der Waals surface area contributed by atoms with Crippen molar-refractivity contribution < 1.29 is 19.1 Å². The fourth-order valence-electron chi connectivity index (χ4n) is 6.64. The molecule has 2 aromatic rings. The molecule has 0 aromatic heterocycles. The van der Waals surface area contributed by atoms with E-state index in [4.69, 9.17) is 16.3 Å². The molecule has 2 aromatic carbocycles. The van der Waals surface area contributed by atoms with Crippen molar-refractivity contribution in [3.05, 3.63) is 76.8 Å². The maximum absolute atomic E-state index is 14.1. The summed E-state index contributed by atoms with van der Waals surface area (Å²) in [4.78, 5) is 43.2. The van der Waals surface area contributed by atoms with E-state index in [-0.39, 0.29) is 30.3 Å². The maximum Gasteiger partial charge on any atom is 0.246 e. The van der Waals surface area contributed by atoms with Crippen LogP contribution in [0.1, 0.15) is 43.2 Å². The van der Waals surface area contributed by atoms with Gasteiger partial charge in [0.15, 0.2) is 0 Å². The first-order valence-corrected chi connectivity index (χ1v) is 13.8. The third kappa shape index (κ3) is 4.22. The molecule has 3 heterocycles. The Morgan fingerprint density at radius 3 is 2.53 bits per heavy atom. The minimum Gasteiger partial charge on any atom is -0.359 e. The van der Waals surface area contributed by atoms with Crippen molar-refractivity contribution in [2.75, 3.05) is 5.32 Å². The van der Waals surface area contributed by atoms with E-state index in [2.05, 4.69) is 10.6 Å². The van der Waals surface area contributed by atoms with Crippen LogP contribution in [0.2, 0.25) is 5.02 Å². The first kappa shape index (κ1) is 25.1. The van der Waals surface area contributed by atoms with E-state index in [0.29, 0.717) is 10.7 Å². The number of ether oxygens (including phenoxy) is 1. The average Bonchev–Trinajstić information content (AvgIpc) is 3.55. The van der Waals surface area contributed by atoms with Gasteiger partial charge in [0.25, 0.3) is 0 Å². The number of amides is 3. The largest absolute Gasteiger partial charge is 0.359 e. The van der Waals surface area contributed by atoms with Crippen LogP contribution >= 0.6 is 11.6 Å². The molecule has 6 rings (SSSR count). The second-order valence-corrected chi connectivity index (χ2v) is 11.4. The van der Waals surface area contributed by atoms with Gasteiger partial charge in [0.1, 0.15) is 11.6 Å². The zero-order valence-corrected chi connectivity index (χ0v) is 22.1. The van der Waals surface area contributed by atoms with Gasteiger partial charge >= 0.3 is 0 Å². The predicted molar refractivity (Wildman–Crippen MR) is 144 cm³/mol. The number of aryl methyl sites for hydroxylation is 1. The number of benzene rings is 2. The Morgan fingerprint density at radius 1 is 1.05 bits per heavy atom. The normalized spacial score (nSPS) is 29.9. The number of hydrogen-bond donors (Lipinski definition) is 2. The lowest BCUT2D eigenvalue weighted by Crippen LogP contribution is -2.56. The molecule has 5 unspecified atom stereocenters. The number of nitrogens with zero attached hydrogens (tertiary/aromatic N) is 1. The molecule has 1 aliphatic carbocycles. The van der Waals surface area contributed by atoms with Crippen molar-refractivity contribution in [2.24, 2.45) is 11.8 Å². The summed E-state index contributed by atoms with van der Waals surface area (Å²) >= 11 is 6.46. The van der Waals surface area contributed by atoms with Crippen molar-refractivity contribution in [2.45, 2.75) is 69.4 Å². The van der Waals surface area contributed by atoms with Gasteiger partial charge in [0.05, 0.1) is 17.9 Å². The summed E-state index contributed by atoms with van der Waals surface area (Å²) in [5.41, 5.74) is 1.29. The molecule has 1 saturated carbocycles. The Balaban J connectivity index is 1.33. The first-order chi connectivity index (χ1) is 18.4. The van der Waals surface area contributed by atoms with Gasteiger partial charge in [-0.3, -0.25) is 14.4 Å². The van der Waals surface area contributed by atoms with E-state index in [1.54, 1.807) is 11.0 Å². The summed E-state index contributed by atoms with van der Waals surface area (Å²) in [5, 5.41) is 6.70. The van der Waals surface area contributed by atoms with Gasteiger partial charge < -0.3 is 20.3 Å². The molecule has 2 bridgehead atoms. The summed E-state index contributed by atoms with van der Waals surface area (Å²) in [5.74, 6) is -2.31. The molecule has 8 heteroatoms. The minimum atomic E-state index is -1.20. The fraction of sp³-hybridized carbons (Fsp3) is 0.433. The van der Waals surface area contributed by atoms with Crippen molar-refractivity contribution in [1.82, 2.24) is 10.2 Å². The number of carbonyl (C=O) groups excluding carboxylic acids is 3. The third-order valence-electron chi connectivity index (χ3n) is 8.49. The van der Waals surface area contributed by atoms with Crippen LogP contribution in [0.4, 0.5) is 5.69 Å². The Labute approximate surface area is 227 Å². The highest BCUT2D eigenvalue weighted by Gasteiger charge is 2.72. The van der Waals surface area contributed by atoms with Crippen LogP contribution in [0.5, 0.6) is 0 Å². The van der Waals surface area contributed by atoms with E-state index in [1.165, 1.54) is 6.42 Å². The standard InChI is InChI=1S/C30H32ClN3O4/c1-18-11-13-21(14-12-18)32-27(35)24-23-15-16-30(38-23)25(24)29(37)34(17-19-7-5-6-10-22(19)31)26(30)28(36)33-20-8-3-2-4-9-20/h5-7,10-16,20,23-26H,2-4,8-9,17H2,1H3,(H,32,35)(H,33,36). The van der Waals surface area contributed by atoms with Crippen molar-refractivity contribution in [1.29, 1.82) is 0 Å². The van der Waals surface area contributed by atoms with Crippen LogP contribution in [0, 0.1) is 18.8 Å². The monoisotopic (exact) mass is 533 g/mol. The van der Waals surface area contributed by atoms with Crippen LogP contribution < -0.4 is 10.6 Å². The van der Waals surface area contributed by atoms with Crippen LogP contribution in [0.15, 0.2) is 60.7 Å². The van der Waals surface area contributed by atoms with Crippen LogP contribution in [-0.4, -0.2) is 46.4 Å². The molecule has 38 heavy (non-hydrogen) atoms. The van der Waals surface area contributed by atoms with E-state index >= 15 is 0 Å². The SMILES string of the molecule is Cc1ccc(NC(=O)C2C3C=CC4(O3)C2C(=O)N(Cc2ccccc2Cl)C4C(=O)NC2CCCCC2)cc1. The molecular formula is C30H32ClN3O4. The topological polar surface area (TPSA) is 87.7 Å². The molecule has 0 radical (unpaired) electrons. The Hall–Kier alpha value is -3.16. The zero-order valence-electron chi connectivity index (χ0n) is 21.4. The van der Waals surface area contributed by atoms with Gasteiger partial charge in [-0.15, -0.1) is 0 Å². The molecular weight excluding hydrogens is 502 g/mol. The van der Waals surface area contributed by atoms with Crippen LogP contribution in [0.25, 0.3) is 0 Å². The lowest BCUT2D eigenvalue weighted by atomic mass is 9.74. The predicted octanol–water partition coefficient (Wildman–Crippen LogP) is 4.39. The van der Waals surface area contributed by atoms with Gasteiger partial charge in [-0.2, -0.15) is 0 Å². The van der Waals surface area contributed by atoms with E-state index in [0.717, 1.165) is 36.8 Å². The highest BCUT2D eigenvalue weighted by atomic mass is 35.5. The van der Waals surface area contributed by atoms with Crippen LogP contribution in [-0.2, 0) is 25.7 Å². The fourth-order valence-corrected chi connectivity index (χ4v) is 6.83. The van der Waals surface area contributed by atoms with Gasteiger partial charge in [0.2, 0.25) is 17.7 Å². The summed E-state index contributed by atoms with van der Waals surface area (Å²) in [6.45, 7) is 2.14. The average molecular weight is 534 g/mol. The Bertz CT molecular complexity index is 1290. The molecule has 198 valence electrons. The number of fused-ring (bicyclic) bond motifs is 1. The summed E-state index contributed by atoms with van der Waals surface area (Å²) in [6, 6.07) is 14.0. The number of carbonyl (C=O) groups is 3. The number of nitrogens with one attached hydrogen (secondary N) is 2. The molecule has 7 nitrogen and oxygen atoms in total. The first-order valence-electron chi connectivity index (χ1n) is 13.5. The molecule has 3 fully saturated rings. The lowest BCUT2D eigenvalue weighted by molar-refractivity contribution is -0.142. The summed E-state index contributed by atoms with van der Waals surface area (Å²) < 4.78 is 6.44. The van der Waals surface area contributed by atoms with E-state index in [1.807, 2.05) is 61.5 Å². The van der Waals surface area contributed by atoms with E-state index < -0.39 is 29.6 Å². The molecule has 2 saturated heterocycles. The van der Waals surface area contributed by atoms with Gasteiger partial charge in [-0.1, -0.05) is 78.9 Å². The number of hydrogen-bond acceptors (Lipinski definition) is 4. The quantitative estimate of drug-likeness (QED) is 0.539. The number of anilines is 1. The molecule has 3 aliphatic heterocycles. The summed E-state index contributed by atoms with van der Waals surface area (Å²) in [7, 11) is 0. The highest BCUT2D eigenvalue weighted by Crippen LogP contribution is 2.55. The lowest BCUT2D eigenvalue weighted by Gasteiger charge is -2.34. The molecule has 2 N–H and O–H groups in total. The van der Waals surface area contributed by atoms with Gasteiger partial charge in [0, 0.05) is 23.3 Å². The molecule has 3 amide bonds. The number of likely N-dealkylation sites (tertiary alicyclic amines) is 1. The summed E-state index contributed by atoms with van der Waals surface area (Å²) in [6.07, 6.45) is 8.28.